The number of hydrogen-bond donors (Lipinski definition) is 0. The van der Waals surface area contributed by atoms with E-state index in [1.807, 2.05) is 0 Å². The van der Waals surface area contributed by atoms with Gasteiger partial charge in [-0.05, 0) is 25.7 Å². The standard InChI is InChI=1S/C9H16O2/c1-2-9(8-10)4-3-6-11-7-5-9/h8H,2-7H2,1H3. The molecule has 0 aromatic carbocycles. The van der Waals surface area contributed by atoms with Gasteiger partial charge in [0.15, 0.2) is 0 Å². The van der Waals surface area contributed by atoms with Crippen LogP contribution in [-0.2, 0) is 9.53 Å². The van der Waals surface area contributed by atoms with Gasteiger partial charge in [-0.2, -0.15) is 0 Å². The average molecular weight is 156 g/mol. The van der Waals surface area contributed by atoms with Crippen molar-refractivity contribution in [1.29, 1.82) is 0 Å². The number of rotatable bonds is 2. The van der Waals surface area contributed by atoms with E-state index in [2.05, 4.69) is 6.92 Å². The monoisotopic (exact) mass is 156 g/mol. The van der Waals surface area contributed by atoms with Gasteiger partial charge in [-0.15, -0.1) is 0 Å². The maximum Gasteiger partial charge on any atom is 0.126 e. The molecule has 2 nitrogen and oxygen atoms in total. The summed E-state index contributed by atoms with van der Waals surface area (Å²) < 4.78 is 5.29. The Hall–Kier alpha value is -0.370. The van der Waals surface area contributed by atoms with Crippen LogP contribution in [0.2, 0.25) is 0 Å². The molecule has 1 aliphatic heterocycles. The topological polar surface area (TPSA) is 26.3 Å². The first-order valence-corrected chi connectivity index (χ1v) is 4.37. The Morgan fingerprint density at radius 3 is 2.91 bits per heavy atom. The lowest BCUT2D eigenvalue weighted by molar-refractivity contribution is -0.117. The predicted octanol–water partition coefficient (Wildman–Crippen LogP) is 1.78. The van der Waals surface area contributed by atoms with Gasteiger partial charge >= 0.3 is 0 Å². The SMILES string of the molecule is CCC1(C=O)CCCOCC1. The minimum Gasteiger partial charge on any atom is -0.381 e. The first-order chi connectivity index (χ1) is 5.33. The van der Waals surface area contributed by atoms with Gasteiger partial charge in [-0.25, -0.2) is 0 Å². The van der Waals surface area contributed by atoms with Crippen molar-refractivity contribution in [2.75, 3.05) is 13.2 Å². The molecule has 0 amide bonds. The van der Waals surface area contributed by atoms with Gasteiger partial charge in [0, 0.05) is 18.6 Å². The van der Waals surface area contributed by atoms with Crippen molar-refractivity contribution in [2.24, 2.45) is 5.41 Å². The van der Waals surface area contributed by atoms with E-state index in [1.54, 1.807) is 0 Å². The fraction of sp³-hybridized carbons (Fsp3) is 0.889. The van der Waals surface area contributed by atoms with Crippen LogP contribution in [0.3, 0.4) is 0 Å². The summed E-state index contributed by atoms with van der Waals surface area (Å²) >= 11 is 0. The number of carbonyl (C=O) groups is 1. The third-order valence-electron chi connectivity index (χ3n) is 2.66. The molecule has 0 spiro atoms. The van der Waals surface area contributed by atoms with Crippen LogP contribution in [0.5, 0.6) is 0 Å². The third kappa shape index (κ3) is 2.03. The van der Waals surface area contributed by atoms with Gasteiger partial charge in [0.2, 0.25) is 0 Å². The highest BCUT2D eigenvalue weighted by molar-refractivity contribution is 5.59. The van der Waals surface area contributed by atoms with Crippen molar-refractivity contribution in [3.05, 3.63) is 0 Å². The van der Waals surface area contributed by atoms with Crippen molar-refractivity contribution < 1.29 is 9.53 Å². The van der Waals surface area contributed by atoms with Crippen LogP contribution in [0.1, 0.15) is 32.6 Å². The zero-order valence-corrected chi connectivity index (χ0v) is 7.14. The van der Waals surface area contributed by atoms with Crippen LogP contribution < -0.4 is 0 Å². The van der Waals surface area contributed by atoms with E-state index in [0.29, 0.717) is 0 Å². The minimum absolute atomic E-state index is 0.0590. The second-order valence-electron chi connectivity index (χ2n) is 3.30. The van der Waals surface area contributed by atoms with Crippen molar-refractivity contribution >= 4 is 6.29 Å². The van der Waals surface area contributed by atoms with Crippen molar-refractivity contribution in [2.45, 2.75) is 32.6 Å². The lowest BCUT2D eigenvalue weighted by Gasteiger charge is -2.23. The number of carbonyl (C=O) groups excluding carboxylic acids is 1. The minimum atomic E-state index is -0.0590. The molecule has 1 fully saturated rings. The smallest absolute Gasteiger partial charge is 0.126 e. The summed E-state index contributed by atoms with van der Waals surface area (Å²) in [4.78, 5) is 10.8. The molecule has 0 bridgehead atoms. The van der Waals surface area contributed by atoms with E-state index in [0.717, 1.165) is 45.2 Å². The van der Waals surface area contributed by atoms with Crippen LogP contribution in [0.4, 0.5) is 0 Å². The first kappa shape index (κ1) is 8.72. The quantitative estimate of drug-likeness (QED) is 0.570. The van der Waals surface area contributed by atoms with Gasteiger partial charge in [-0.1, -0.05) is 6.92 Å². The van der Waals surface area contributed by atoms with Gasteiger partial charge in [0.05, 0.1) is 0 Å². The summed E-state index contributed by atoms with van der Waals surface area (Å²) in [6.45, 7) is 3.67. The molecule has 1 saturated heterocycles. The Labute approximate surface area is 67.9 Å². The highest BCUT2D eigenvalue weighted by Gasteiger charge is 2.28. The second-order valence-corrected chi connectivity index (χ2v) is 3.30. The molecule has 64 valence electrons. The average Bonchev–Trinajstić information content (AvgIpc) is 2.30. The maximum absolute atomic E-state index is 10.8. The maximum atomic E-state index is 10.8. The van der Waals surface area contributed by atoms with E-state index < -0.39 is 0 Å². The van der Waals surface area contributed by atoms with Gasteiger partial charge < -0.3 is 9.53 Å². The molecular weight excluding hydrogens is 140 g/mol. The fourth-order valence-corrected chi connectivity index (χ4v) is 1.58. The second kappa shape index (κ2) is 3.86. The molecule has 0 radical (unpaired) electrons. The Morgan fingerprint density at radius 2 is 2.27 bits per heavy atom. The van der Waals surface area contributed by atoms with Crippen LogP contribution in [0, 0.1) is 5.41 Å². The summed E-state index contributed by atoms with van der Waals surface area (Å²) in [6, 6.07) is 0. The zero-order chi connectivity index (χ0) is 8.16. The summed E-state index contributed by atoms with van der Waals surface area (Å²) in [5, 5.41) is 0. The zero-order valence-electron chi connectivity index (χ0n) is 7.14. The van der Waals surface area contributed by atoms with Gasteiger partial charge in [0.25, 0.3) is 0 Å². The molecule has 1 aliphatic rings. The molecule has 1 unspecified atom stereocenters. The van der Waals surface area contributed by atoms with E-state index >= 15 is 0 Å². The van der Waals surface area contributed by atoms with Crippen molar-refractivity contribution in [3.63, 3.8) is 0 Å². The number of hydrogen-bond acceptors (Lipinski definition) is 2. The molecule has 1 heterocycles. The summed E-state index contributed by atoms with van der Waals surface area (Å²) in [5.41, 5.74) is -0.0590. The Kier molecular flexibility index (Phi) is 3.06. The lowest BCUT2D eigenvalue weighted by Crippen LogP contribution is -2.21. The molecule has 1 atom stereocenters. The lowest BCUT2D eigenvalue weighted by atomic mass is 9.80. The normalized spacial score (nSPS) is 32.8. The molecule has 0 N–H and O–H groups in total. The van der Waals surface area contributed by atoms with E-state index in [-0.39, 0.29) is 5.41 Å². The van der Waals surface area contributed by atoms with Gasteiger partial charge in [-0.3, -0.25) is 0 Å². The number of aldehydes is 1. The summed E-state index contributed by atoms with van der Waals surface area (Å²) in [7, 11) is 0. The Balaban J connectivity index is 2.55. The van der Waals surface area contributed by atoms with Crippen LogP contribution in [0.25, 0.3) is 0 Å². The molecule has 2 heteroatoms. The molecule has 11 heavy (non-hydrogen) atoms. The van der Waals surface area contributed by atoms with Crippen LogP contribution in [0.15, 0.2) is 0 Å². The predicted molar refractivity (Wildman–Crippen MR) is 43.5 cm³/mol. The highest BCUT2D eigenvalue weighted by Crippen LogP contribution is 2.31. The van der Waals surface area contributed by atoms with Crippen LogP contribution >= 0.6 is 0 Å². The first-order valence-electron chi connectivity index (χ1n) is 4.37. The van der Waals surface area contributed by atoms with E-state index in [9.17, 15) is 4.79 Å². The molecule has 0 aliphatic carbocycles. The van der Waals surface area contributed by atoms with Crippen LogP contribution in [-0.4, -0.2) is 19.5 Å². The van der Waals surface area contributed by atoms with E-state index in [1.165, 1.54) is 0 Å². The molecule has 0 saturated carbocycles. The fourth-order valence-electron chi connectivity index (χ4n) is 1.58. The van der Waals surface area contributed by atoms with Crippen molar-refractivity contribution in [1.82, 2.24) is 0 Å². The molecule has 1 rings (SSSR count). The Morgan fingerprint density at radius 1 is 1.45 bits per heavy atom. The molecule has 0 aromatic heterocycles. The molecular formula is C9H16O2. The van der Waals surface area contributed by atoms with Crippen molar-refractivity contribution in [3.8, 4) is 0 Å². The largest absolute Gasteiger partial charge is 0.381 e. The number of ether oxygens (including phenoxy) is 1. The third-order valence-corrected chi connectivity index (χ3v) is 2.66. The molecule has 0 aromatic rings. The Bertz CT molecular complexity index is 124. The van der Waals surface area contributed by atoms with E-state index in [4.69, 9.17) is 4.74 Å². The highest BCUT2D eigenvalue weighted by atomic mass is 16.5. The van der Waals surface area contributed by atoms with Gasteiger partial charge in [0.1, 0.15) is 6.29 Å². The summed E-state index contributed by atoms with van der Waals surface area (Å²) in [6.07, 6.45) is 5.04. The summed E-state index contributed by atoms with van der Waals surface area (Å²) in [5.74, 6) is 0.